The fourth-order valence-corrected chi connectivity index (χ4v) is 2.24. The first-order chi connectivity index (χ1) is 10.1. The number of benzene rings is 2. The third-order valence-electron chi connectivity index (χ3n) is 3.04. The number of anilines is 2. The van der Waals surface area contributed by atoms with Crippen LogP contribution in [0, 0.1) is 12.7 Å². The van der Waals surface area contributed by atoms with Crippen molar-refractivity contribution in [2.75, 3.05) is 5.32 Å². The molecule has 3 nitrogen and oxygen atoms in total. The van der Waals surface area contributed by atoms with E-state index in [1.165, 1.54) is 6.07 Å². The van der Waals surface area contributed by atoms with Gasteiger partial charge in [-0.05, 0) is 37.3 Å². The molecule has 0 bridgehead atoms. The molecule has 1 N–H and O–H groups in total. The van der Waals surface area contributed by atoms with Crippen molar-refractivity contribution in [1.82, 2.24) is 9.55 Å². The molecule has 1 heterocycles. The summed E-state index contributed by atoms with van der Waals surface area (Å²) >= 11 is 5.85. The van der Waals surface area contributed by atoms with Gasteiger partial charge in [0.15, 0.2) is 0 Å². The molecule has 0 aliphatic carbocycles. The first kappa shape index (κ1) is 13.6. The summed E-state index contributed by atoms with van der Waals surface area (Å²) in [7, 11) is 0. The Labute approximate surface area is 127 Å². The van der Waals surface area contributed by atoms with Crippen LogP contribution < -0.4 is 5.32 Å². The molecule has 0 saturated heterocycles. The maximum absolute atomic E-state index is 13.3. The molecule has 0 aliphatic heterocycles. The normalized spacial score (nSPS) is 10.6. The molecule has 21 heavy (non-hydrogen) atoms. The van der Waals surface area contributed by atoms with Crippen LogP contribution in [0.4, 0.5) is 16.0 Å². The lowest BCUT2D eigenvalue weighted by Gasteiger charge is -2.10. The highest BCUT2D eigenvalue weighted by molar-refractivity contribution is 6.30. The smallest absolute Gasteiger partial charge is 0.212 e. The van der Waals surface area contributed by atoms with Crippen molar-refractivity contribution in [3.8, 4) is 5.69 Å². The average molecular weight is 302 g/mol. The molecule has 106 valence electrons. The van der Waals surface area contributed by atoms with E-state index >= 15 is 0 Å². The standard InChI is InChI=1S/C16H13ClFN3/c1-11-10-21(13-7-8-15(18)14(17)9-13)16(19-11)20-12-5-3-2-4-6-12/h2-10H,1H3,(H,19,20). The fraction of sp³-hybridized carbons (Fsp3) is 0.0625. The van der Waals surface area contributed by atoms with E-state index in [-0.39, 0.29) is 5.02 Å². The molecule has 0 unspecified atom stereocenters. The maximum Gasteiger partial charge on any atom is 0.212 e. The van der Waals surface area contributed by atoms with Crippen LogP contribution in [0.3, 0.4) is 0 Å². The molecule has 0 spiro atoms. The molecule has 0 saturated carbocycles. The Morgan fingerprint density at radius 3 is 2.62 bits per heavy atom. The SMILES string of the molecule is Cc1cn(-c2ccc(F)c(Cl)c2)c(Nc2ccccc2)n1. The minimum atomic E-state index is -0.435. The zero-order valence-electron chi connectivity index (χ0n) is 11.3. The summed E-state index contributed by atoms with van der Waals surface area (Å²) in [4.78, 5) is 4.45. The van der Waals surface area contributed by atoms with Crippen molar-refractivity contribution in [3.05, 3.63) is 71.3 Å². The van der Waals surface area contributed by atoms with E-state index in [2.05, 4.69) is 10.3 Å². The monoisotopic (exact) mass is 301 g/mol. The van der Waals surface area contributed by atoms with Gasteiger partial charge in [0.05, 0.1) is 16.4 Å². The van der Waals surface area contributed by atoms with Gasteiger partial charge in [0.2, 0.25) is 5.95 Å². The number of hydrogen-bond acceptors (Lipinski definition) is 2. The largest absolute Gasteiger partial charge is 0.325 e. The Morgan fingerprint density at radius 1 is 1.14 bits per heavy atom. The van der Waals surface area contributed by atoms with Crippen molar-refractivity contribution in [3.63, 3.8) is 0 Å². The van der Waals surface area contributed by atoms with Gasteiger partial charge in [-0.25, -0.2) is 9.37 Å². The number of aryl methyl sites for hydroxylation is 1. The maximum atomic E-state index is 13.3. The lowest BCUT2D eigenvalue weighted by Crippen LogP contribution is -2.01. The van der Waals surface area contributed by atoms with Crippen molar-refractivity contribution in [2.24, 2.45) is 0 Å². The average Bonchev–Trinajstić information content (AvgIpc) is 2.84. The van der Waals surface area contributed by atoms with Crippen LogP contribution in [0.2, 0.25) is 5.02 Å². The molecule has 2 aromatic carbocycles. The van der Waals surface area contributed by atoms with Crippen LogP contribution in [-0.2, 0) is 0 Å². The first-order valence-electron chi connectivity index (χ1n) is 6.47. The topological polar surface area (TPSA) is 29.9 Å². The highest BCUT2D eigenvalue weighted by Crippen LogP contribution is 2.24. The summed E-state index contributed by atoms with van der Waals surface area (Å²) in [5.74, 6) is 0.219. The lowest BCUT2D eigenvalue weighted by atomic mass is 10.3. The molecule has 0 amide bonds. The summed E-state index contributed by atoms with van der Waals surface area (Å²) < 4.78 is 15.1. The minimum Gasteiger partial charge on any atom is -0.325 e. The lowest BCUT2D eigenvalue weighted by molar-refractivity contribution is 0.628. The number of imidazole rings is 1. The van der Waals surface area contributed by atoms with Crippen molar-refractivity contribution in [1.29, 1.82) is 0 Å². The first-order valence-corrected chi connectivity index (χ1v) is 6.85. The Hall–Kier alpha value is -2.33. The van der Waals surface area contributed by atoms with Crippen molar-refractivity contribution in [2.45, 2.75) is 6.92 Å². The number of hydrogen-bond donors (Lipinski definition) is 1. The van der Waals surface area contributed by atoms with Gasteiger partial charge in [-0.1, -0.05) is 29.8 Å². The Balaban J connectivity index is 2.01. The van der Waals surface area contributed by atoms with Crippen molar-refractivity contribution >= 4 is 23.2 Å². The molecular formula is C16H13ClFN3. The third kappa shape index (κ3) is 2.90. The van der Waals surface area contributed by atoms with E-state index in [0.717, 1.165) is 17.1 Å². The number of nitrogens with zero attached hydrogens (tertiary/aromatic N) is 2. The highest BCUT2D eigenvalue weighted by atomic mass is 35.5. The summed E-state index contributed by atoms with van der Waals surface area (Å²) in [5.41, 5.74) is 2.53. The molecule has 0 fully saturated rings. The van der Waals surface area contributed by atoms with Gasteiger partial charge in [0.25, 0.3) is 0 Å². The third-order valence-corrected chi connectivity index (χ3v) is 3.33. The van der Waals surface area contributed by atoms with Crippen LogP contribution in [0.15, 0.2) is 54.7 Å². The number of nitrogens with one attached hydrogen (secondary N) is 1. The van der Waals surface area contributed by atoms with E-state index in [0.29, 0.717) is 5.95 Å². The number of aromatic nitrogens is 2. The molecule has 3 aromatic rings. The van der Waals surface area contributed by atoms with E-state index in [1.54, 1.807) is 12.1 Å². The Morgan fingerprint density at radius 2 is 1.90 bits per heavy atom. The summed E-state index contributed by atoms with van der Waals surface area (Å²) in [6.07, 6.45) is 1.87. The van der Waals surface area contributed by atoms with Gasteiger partial charge in [-0.15, -0.1) is 0 Å². The second-order valence-electron chi connectivity index (χ2n) is 4.67. The van der Waals surface area contributed by atoms with Gasteiger partial charge in [-0.2, -0.15) is 0 Å². The molecule has 0 radical (unpaired) electrons. The quantitative estimate of drug-likeness (QED) is 0.759. The Kier molecular flexibility index (Phi) is 3.62. The molecule has 5 heteroatoms. The fourth-order valence-electron chi connectivity index (χ4n) is 2.07. The van der Waals surface area contributed by atoms with Crippen molar-refractivity contribution < 1.29 is 4.39 Å². The van der Waals surface area contributed by atoms with Gasteiger partial charge in [0, 0.05) is 11.9 Å². The van der Waals surface area contributed by atoms with Crippen LogP contribution in [0.5, 0.6) is 0 Å². The number of halogens is 2. The second kappa shape index (κ2) is 5.58. The summed E-state index contributed by atoms with van der Waals surface area (Å²) in [6.45, 7) is 1.90. The minimum absolute atomic E-state index is 0.0875. The van der Waals surface area contributed by atoms with Gasteiger partial charge in [-0.3, -0.25) is 4.57 Å². The molecule has 0 atom stereocenters. The second-order valence-corrected chi connectivity index (χ2v) is 5.07. The van der Waals surface area contributed by atoms with Gasteiger partial charge in [0.1, 0.15) is 5.82 Å². The van der Waals surface area contributed by atoms with Gasteiger partial charge >= 0.3 is 0 Å². The predicted molar refractivity (Wildman–Crippen MR) is 83.0 cm³/mol. The van der Waals surface area contributed by atoms with Crippen LogP contribution in [-0.4, -0.2) is 9.55 Å². The molecule has 0 aliphatic rings. The van der Waals surface area contributed by atoms with Crippen LogP contribution in [0.25, 0.3) is 5.69 Å². The molecular weight excluding hydrogens is 289 g/mol. The van der Waals surface area contributed by atoms with E-state index in [1.807, 2.05) is 48.0 Å². The zero-order chi connectivity index (χ0) is 14.8. The van der Waals surface area contributed by atoms with Gasteiger partial charge < -0.3 is 5.32 Å². The number of rotatable bonds is 3. The zero-order valence-corrected chi connectivity index (χ0v) is 12.1. The predicted octanol–water partition coefficient (Wildman–Crippen LogP) is 4.72. The molecule has 1 aromatic heterocycles. The summed E-state index contributed by atoms with van der Waals surface area (Å²) in [5, 5.41) is 3.33. The van der Waals surface area contributed by atoms with E-state index < -0.39 is 5.82 Å². The highest BCUT2D eigenvalue weighted by Gasteiger charge is 2.09. The van der Waals surface area contributed by atoms with Crippen LogP contribution in [0.1, 0.15) is 5.69 Å². The van der Waals surface area contributed by atoms with E-state index in [9.17, 15) is 4.39 Å². The Bertz CT molecular complexity index is 768. The number of para-hydroxylation sites is 1. The molecule has 3 rings (SSSR count). The van der Waals surface area contributed by atoms with Crippen LogP contribution >= 0.6 is 11.6 Å². The van der Waals surface area contributed by atoms with E-state index in [4.69, 9.17) is 11.6 Å². The summed E-state index contributed by atoms with van der Waals surface area (Å²) in [6, 6.07) is 14.3.